The Labute approximate surface area is 143 Å². The zero-order valence-electron chi connectivity index (χ0n) is 14.4. The average Bonchev–Trinajstić information content (AvgIpc) is 2.60. The van der Waals surface area contributed by atoms with Crippen molar-refractivity contribution in [2.75, 3.05) is 32.7 Å². The lowest BCUT2D eigenvalue weighted by molar-refractivity contribution is -0.121. The van der Waals surface area contributed by atoms with Gasteiger partial charge in [-0.2, -0.15) is 0 Å². The number of nitrogens with one attached hydrogen (secondary N) is 1. The van der Waals surface area contributed by atoms with Crippen molar-refractivity contribution in [1.82, 2.24) is 5.32 Å². The second kappa shape index (κ2) is 8.82. The lowest BCUT2D eigenvalue weighted by atomic mass is 10.2. The fourth-order valence-corrected chi connectivity index (χ4v) is 2.19. The molecule has 2 aromatic rings. The first-order valence-corrected chi connectivity index (χ1v) is 7.89. The third-order valence-electron chi connectivity index (χ3n) is 3.60. The lowest BCUT2D eigenvalue weighted by Gasteiger charge is -2.13. The topological polar surface area (TPSA) is 50.8 Å². The van der Waals surface area contributed by atoms with E-state index in [2.05, 4.69) is 5.32 Å². The lowest BCUT2D eigenvalue weighted by Crippen LogP contribution is -2.24. The summed E-state index contributed by atoms with van der Waals surface area (Å²) in [5.74, 6) is 1.27. The number of amides is 1. The molecule has 0 fully saturated rings. The number of rotatable bonds is 8. The van der Waals surface area contributed by atoms with Gasteiger partial charge in [-0.15, -0.1) is 0 Å². The van der Waals surface area contributed by atoms with Gasteiger partial charge in [0.15, 0.2) is 11.5 Å². The number of hydrogen-bond donors (Lipinski definition) is 1. The van der Waals surface area contributed by atoms with Crippen LogP contribution in [-0.2, 0) is 11.3 Å². The molecule has 5 nitrogen and oxygen atoms in total. The molecule has 0 aliphatic carbocycles. The SMILES string of the molecule is COc1ccccc1OCCC(=O)NCc1ccc(N(C)C)cc1. The summed E-state index contributed by atoms with van der Waals surface area (Å²) in [6.07, 6.45) is 0.299. The largest absolute Gasteiger partial charge is 0.493 e. The summed E-state index contributed by atoms with van der Waals surface area (Å²) in [5.41, 5.74) is 2.20. The Morgan fingerprint density at radius 2 is 1.71 bits per heavy atom. The van der Waals surface area contributed by atoms with E-state index in [9.17, 15) is 4.79 Å². The highest BCUT2D eigenvalue weighted by molar-refractivity contribution is 5.76. The Hall–Kier alpha value is -2.69. The second-order valence-corrected chi connectivity index (χ2v) is 5.59. The molecule has 5 heteroatoms. The minimum Gasteiger partial charge on any atom is -0.493 e. The molecule has 0 unspecified atom stereocenters. The van der Waals surface area contributed by atoms with Gasteiger partial charge in [0.1, 0.15) is 0 Å². The summed E-state index contributed by atoms with van der Waals surface area (Å²) >= 11 is 0. The van der Waals surface area contributed by atoms with E-state index in [0.717, 1.165) is 11.3 Å². The number of carbonyl (C=O) groups excluding carboxylic acids is 1. The first-order chi connectivity index (χ1) is 11.6. The molecule has 2 rings (SSSR count). The third-order valence-corrected chi connectivity index (χ3v) is 3.60. The molecule has 1 amide bonds. The van der Waals surface area contributed by atoms with E-state index < -0.39 is 0 Å². The van der Waals surface area contributed by atoms with Crippen LogP contribution >= 0.6 is 0 Å². The summed E-state index contributed by atoms with van der Waals surface area (Å²) in [7, 11) is 5.59. The van der Waals surface area contributed by atoms with Gasteiger partial charge < -0.3 is 19.7 Å². The molecule has 0 bridgehead atoms. The maximum Gasteiger partial charge on any atom is 0.223 e. The van der Waals surface area contributed by atoms with Crippen molar-refractivity contribution < 1.29 is 14.3 Å². The molecule has 0 saturated heterocycles. The maximum atomic E-state index is 11.9. The second-order valence-electron chi connectivity index (χ2n) is 5.59. The summed E-state index contributed by atoms with van der Waals surface area (Å²) < 4.78 is 10.8. The molecule has 2 aromatic carbocycles. The number of nitrogens with zero attached hydrogens (tertiary/aromatic N) is 1. The minimum absolute atomic E-state index is 0.0402. The van der Waals surface area contributed by atoms with E-state index in [1.54, 1.807) is 7.11 Å². The monoisotopic (exact) mass is 328 g/mol. The quantitative estimate of drug-likeness (QED) is 0.809. The molecule has 0 saturated carbocycles. The van der Waals surface area contributed by atoms with Gasteiger partial charge in [0.2, 0.25) is 5.91 Å². The van der Waals surface area contributed by atoms with Gasteiger partial charge in [-0.3, -0.25) is 4.79 Å². The van der Waals surface area contributed by atoms with Gasteiger partial charge in [0.25, 0.3) is 0 Å². The summed E-state index contributed by atoms with van der Waals surface area (Å²) in [6, 6.07) is 15.5. The molecule has 0 aromatic heterocycles. The van der Waals surface area contributed by atoms with E-state index in [1.807, 2.05) is 67.5 Å². The number of anilines is 1. The Kier molecular flexibility index (Phi) is 6.49. The Morgan fingerprint density at radius 1 is 1.04 bits per heavy atom. The van der Waals surface area contributed by atoms with Crippen LogP contribution in [0, 0.1) is 0 Å². The summed E-state index contributed by atoms with van der Waals surface area (Å²) in [6.45, 7) is 0.826. The Balaban J connectivity index is 1.73. The molecule has 0 aliphatic heterocycles. The molecular weight excluding hydrogens is 304 g/mol. The van der Waals surface area contributed by atoms with Crippen LogP contribution < -0.4 is 19.7 Å². The predicted octanol–water partition coefficient (Wildman–Crippen LogP) is 2.85. The van der Waals surface area contributed by atoms with E-state index in [4.69, 9.17) is 9.47 Å². The number of ether oxygens (including phenoxy) is 2. The van der Waals surface area contributed by atoms with Gasteiger partial charge in [0.05, 0.1) is 20.1 Å². The smallest absolute Gasteiger partial charge is 0.223 e. The maximum absolute atomic E-state index is 11.9. The number of carbonyl (C=O) groups is 1. The predicted molar refractivity (Wildman–Crippen MR) is 95.7 cm³/mol. The number of methoxy groups -OCH3 is 1. The molecule has 0 atom stereocenters. The first kappa shape index (κ1) is 17.7. The first-order valence-electron chi connectivity index (χ1n) is 7.89. The van der Waals surface area contributed by atoms with Crippen LogP contribution in [-0.4, -0.2) is 33.7 Å². The molecule has 0 heterocycles. The van der Waals surface area contributed by atoms with Gasteiger partial charge in [-0.25, -0.2) is 0 Å². The van der Waals surface area contributed by atoms with Crippen molar-refractivity contribution in [3.8, 4) is 11.5 Å². The van der Waals surface area contributed by atoms with Crippen molar-refractivity contribution in [2.24, 2.45) is 0 Å². The third kappa shape index (κ3) is 5.19. The van der Waals surface area contributed by atoms with E-state index in [1.165, 1.54) is 0 Å². The highest BCUT2D eigenvalue weighted by Gasteiger charge is 2.05. The zero-order chi connectivity index (χ0) is 17.4. The standard InChI is InChI=1S/C19H24N2O3/c1-21(2)16-10-8-15(9-11-16)14-20-19(22)12-13-24-18-7-5-4-6-17(18)23-3/h4-11H,12-14H2,1-3H3,(H,20,22). The molecular formula is C19H24N2O3. The van der Waals surface area contributed by atoms with Crippen LogP contribution in [0.5, 0.6) is 11.5 Å². The van der Waals surface area contributed by atoms with Crippen LogP contribution in [0.1, 0.15) is 12.0 Å². The molecule has 24 heavy (non-hydrogen) atoms. The van der Waals surface area contributed by atoms with Crippen molar-refractivity contribution in [3.63, 3.8) is 0 Å². The summed E-state index contributed by atoms with van der Waals surface area (Å²) in [5, 5.41) is 2.90. The molecule has 0 radical (unpaired) electrons. The molecule has 0 spiro atoms. The van der Waals surface area contributed by atoms with Crippen LogP contribution in [0.3, 0.4) is 0 Å². The van der Waals surface area contributed by atoms with E-state index in [0.29, 0.717) is 31.1 Å². The van der Waals surface area contributed by atoms with Crippen LogP contribution in [0.25, 0.3) is 0 Å². The number of benzene rings is 2. The number of para-hydroxylation sites is 2. The fraction of sp³-hybridized carbons (Fsp3) is 0.316. The highest BCUT2D eigenvalue weighted by Crippen LogP contribution is 2.25. The van der Waals surface area contributed by atoms with E-state index in [-0.39, 0.29) is 5.91 Å². The van der Waals surface area contributed by atoms with Crippen molar-refractivity contribution >= 4 is 11.6 Å². The van der Waals surface area contributed by atoms with Crippen molar-refractivity contribution in [2.45, 2.75) is 13.0 Å². The Bertz CT molecular complexity index is 654. The number of hydrogen-bond acceptors (Lipinski definition) is 4. The molecule has 128 valence electrons. The normalized spacial score (nSPS) is 10.1. The van der Waals surface area contributed by atoms with Crippen LogP contribution in [0.15, 0.2) is 48.5 Å². The van der Waals surface area contributed by atoms with Crippen molar-refractivity contribution in [3.05, 3.63) is 54.1 Å². The average molecular weight is 328 g/mol. The van der Waals surface area contributed by atoms with Gasteiger partial charge in [-0.05, 0) is 29.8 Å². The summed E-state index contributed by atoms with van der Waals surface area (Å²) in [4.78, 5) is 13.9. The highest BCUT2D eigenvalue weighted by atomic mass is 16.5. The van der Waals surface area contributed by atoms with Gasteiger partial charge >= 0.3 is 0 Å². The van der Waals surface area contributed by atoms with E-state index >= 15 is 0 Å². The van der Waals surface area contributed by atoms with Gasteiger partial charge in [-0.1, -0.05) is 24.3 Å². The Morgan fingerprint density at radius 3 is 2.33 bits per heavy atom. The van der Waals surface area contributed by atoms with Crippen LogP contribution in [0.2, 0.25) is 0 Å². The van der Waals surface area contributed by atoms with Crippen LogP contribution in [0.4, 0.5) is 5.69 Å². The fourth-order valence-electron chi connectivity index (χ4n) is 2.19. The molecule has 1 N–H and O–H groups in total. The van der Waals surface area contributed by atoms with Crippen molar-refractivity contribution in [1.29, 1.82) is 0 Å². The van der Waals surface area contributed by atoms with Gasteiger partial charge in [0, 0.05) is 26.3 Å². The molecule has 0 aliphatic rings. The zero-order valence-corrected chi connectivity index (χ0v) is 14.4. The minimum atomic E-state index is -0.0402.